The van der Waals surface area contributed by atoms with Crippen molar-refractivity contribution in [3.05, 3.63) is 90.5 Å². The van der Waals surface area contributed by atoms with Crippen molar-refractivity contribution in [1.29, 1.82) is 0 Å². The molecule has 0 atom stereocenters. The minimum atomic E-state index is -2.45. The summed E-state index contributed by atoms with van der Waals surface area (Å²) in [6, 6.07) is 27.9. The normalized spacial score (nSPS) is 11.0. The maximum Gasteiger partial charge on any atom is 0.311 e. The van der Waals surface area contributed by atoms with E-state index in [0.29, 0.717) is 11.3 Å². The van der Waals surface area contributed by atoms with Crippen LogP contribution >= 0.6 is 0 Å². The number of benzene rings is 3. The molecule has 0 unspecified atom stereocenters. The van der Waals surface area contributed by atoms with Gasteiger partial charge in [-0.25, -0.2) is 0 Å². The van der Waals surface area contributed by atoms with Gasteiger partial charge in [-0.1, -0.05) is 72.8 Å². The first-order valence-electron chi connectivity index (χ1n) is 7.58. The molecule has 0 radical (unpaired) electrons. The van der Waals surface area contributed by atoms with Crippen LogP contribution in [-0.4, -0.2) is 14.6 Å². The van der Waals surface area contributed by atoms with Crippen LogP contribution in [0.5, 0.6) is 5.75 Å². The molecule has 0 saturated carbocycles. The largest absolute Gasteiger partial charge is 0.534 e. The second kappa shape index (κ2) is 6.63. The highest BCUT2D eigenvalue weighted by Gasteiger charge is 2.36. The van der Waals surface area contributed by atoms with Gasteiger partial charge in [-0.05, 0) is 29.1 Å². The second-order valence-electron chi connectivity index (χ2n) is 5.52. The number of hydrogen-bond donors (Lipinski definition) is 0. The first-order chi connectivity index (χ1) is 11.2. The van der Waals surface area contributed by atoms with Crippen molar-refractivity contribution in [3.8, 4) is 5.75 Å². The van der Waals surface area contributed by atoms with Crippen LogP contribution in [0.25, 0.3) is 0 Å². The summed E-state index contributed by atoms with van der Waals surface area (Å²) in [4.78, 5) is 11.3. The van der Waals surface area contributed by atoms with Gasteiger partial charge in [0.05, 0.1) is 5.56 Å². The number of para-hydroxylation sites is 1. The lowest BCUT2D eigenvalue weighted by Crippen LogP contribution is -2.60. The molecule has 3 aromatic rings. The Hall–Kier alpha value is -2.65. The highest BCUT2D eigenvalue weighted by atomic mass is 28.4. The molecule has 0 bridgehead atoms. The Morgan fingerprint density at radius 1 is 0.739 bits per heavy atom. The van der Waals surface area contributed by atoms with Gasteiger partial charge >= 0.3 is 8.32 Å². The quantitative estimate of drug-likeness (QED) is 0.533. The van der Waals surface area contributed by atoms with Gasteiger partial charge in [0.1, 0.15) is 5.75 Å². The van der Waals surface area contributed by atoms with Gasteiger partial charge in [0.2, 0.25) is 0 Å². The summed E-state index contributed by atoms with van der Waals surface area (Å²) >= 11 is 0. The lowest BCUT2D eigenvalue weighted by atomic mass is 10.2. The van der Waals surface area contributed by atoms with E-state index in [-0.39, 0.29) is 0 Å². The van der Waals surface area contributed by atoms with Crippen LogP contribution in [0.15, 0.2) is 84.9 Å². The molecule has 0 heterocycles. The highest BCUT2D eigenvalue weighted by molar-refractivity contribution is 6.97. The molecule has 114 valence electrons. The van der Waals surface area contributed by atoms with Crippen molar-refractivity contribution < 1.29 is 9.22 Å². The van der Waals surface area contributed by atoms with E-state index in [1.807, 2.05) is 54.6 Å². The third-order valence-electron chi connectivity index (χ3n) is 4.01. The fraction of sp³-hybridized carbons (Fsp3) is 0.0500. The van der Waals surface area contributed by atoms with Crippen molar-refractivity contribution in [2.45, 2.75) is 6.55 Å². The van der Waals surface area contributed by atoms with Crippen LogP contribution in [0.4, 0.5) is 0 Å². The number of carbonyl (C=O) groups excluding carboxylic acids is 1. The van der Waals surface area contributed by atoms with Crippen LogP contribution in [-0.2, 0) is 0 Å². The van der Waals surface area contributed by atoms with E-state index in [1.165, 1.54) is 10.4 Å². The van der Waals surface area contributed by atoms with Gasteiger partial charge in [0, 0.05) is 0 Å². The Kier molecular flexibility index (Phi) is 4.39. The lowest BCUT2D eigenvalue weighted by Gasteiger charge is -2.29. The Bertz CT molecular complexity index is 746. The third-order valence-corrected chi connectivity index (χ3v) is 7.51. The van der Waals surface area contributed by atoms with Crippen molar-refractivity contribution in [1.82, 2.24) is 0 Å². The number of carbonyl (C=O) groups is 1. The van der Waals surface area contributed by atoms with Gasteiger partial charge < -0.3 is 4.43 Å². The molecule has 0 spiro atoms. The van der Waals surface area contributed by atoms with Crippen molar-refractivity contribution in [2.24, 2.45) is 0 Å². The number of hydrogen-bond acceptors (Lipinski definition) is 2. The Morgan fingerprint density at radius 3 is 1.74 bits per heavy atom. The molecule has 0 aliphatic carbocycles. The molecule has 0 aliphatic heterocycles. The average Bonchev–Trinajstić information content (AvgIpc) is 2.63. The summed E-state index contributed by atoms with van der Waals surface area (Å²) < 4.78 is 6.50. The zero-order chi connectivity index (χ0) is 16.1. The van der Waals surface area contributed by atoms with E-state index in [0.717, 1.165) is 6.29 Å². The molecule has 3 heteroatoms. The van der Waals surface area contributed by atoms with Gasteiger partial charge in [-0.15, -0.1) is 0 Å². The van der Waals surface area contributed by atoms with Gasteiger partial charge in [0.15, 0.2) is 6.29 Å². The van der Waals surface area contributed by atoms with Crippen LogP contribution in [0.1, 0.15) is 10.4 Å². The topological polar surface area (TPSA) is 26.3 Å². The summed E-state index contributed by atoms with van der Waals surface area (Å²) in [6.07, 6.45) is 0.847. The van der Waals surface area contributed by atoms with Gasteiger partial charge in [0.25, 0.3) is 0 Å². The molecule has 3 aromatic carbocycles. The van der Waals surface area contributed by atoms with E-state index in [9.17, 15) is 4.79 Å². The molecule has 0 fully saturated rings. The summed E-state index contributed by atoms with van der Waals surface area (Å²) in [7, 11) is -2.45. The van der Waals surface area contributed by atoms with E-state index in [1.54, 1.807) is 6.07 Å². The molecular formula is C20H18O2Si. The molecule has 0 N–H and O–H groups in total. The second-order valence-corrected chi connectivity index (χ2v) is 8.95. The van der Waals surface area contributed by atoms with E-state index in [2.05, 4.69) is 30.8 Å². The van der Waals surface area contributed by atoms with Crippen LogP contribution < -0.4 is 14.8 Å². The Labute approximate surface area is 137 Å². The predicted octanol–water partition coefficient (Wildman–Crippen LogP) is 3.27. The average molecular weight is 318 g/mol. The minimum absolute atomic E-state index is 0.582. The summed E-state index contributed by atoms with van der Waals surface area (Å²) in [5.41, 5.74) is 0.582. The fourth-order valence-corrected chi connectivity index (χ4v) is 5.54. The first-order valence-corrected chi connectivity index (χ1v) is 9.99. The zero-order valence-corrected chi connectivity index (χ0v) is 14.0. The fourth-order valence-electron chi connectivity index (χ4n) is 2.69. The molecule has 0 aromatic heterocycles. The first kappa shape index (κ1) is 15.3. The predicted molar refractivity (Wildman–Crippen MR) is 96.2 cm³/mol. The highest BCUT2D eigenvalue weighted by Crippen LogP contribution is 2.20. The number of aldehydes is 1. The maximum absolute atomic E-state index is 11.3. The third kappa shape index (κ3) is 3.10. The molecule has 3 rings (SSSR count). The zero-order valence-electron chi connectivity index (χ0n) is 13.0. The lowest BCUT2D eigenvalue weighted by molar-refractivity contribution is 0.112. The van der Waals surface area contributed by atoms with E-state index >= 15 is 0 Å². The molecule has 23 heavy (non-hydrogen) atoms. The van der Waals surface area contributed by atoms with Crippen LogP contribution in [0.2, 0.25) is 6.55 Å². The smallest absolute Gasteiger partial charge is 0.311 e. The van der Waals surface area contributed by atoms with Crippen molar-refractivity contribution in [3.63, 3.8) is 0 Å². The van der Waals surface area contributed by atoms with E-state index < -0.39 is 8.32 Å². The summed E-state index contributed by atoms with van der Waals surface area (Å²) in [6.45, 7) is 2.17. The number of rotatable bonds is 5. The SMILES string of the molecule is C[Si](Oc1ccccc1C=O)(c1ccccc1)c1ccccc1. The molecule has 2 nitrogen and oxygen atoms in total. The molecule has 0 amide bonds. The molecular weight excluding hydrogens is 300 g/mol. The standard InChI is InChI=1S/C20H18O2Si/c1-23(18-11-4-2-5-12-18,19-13-6-3-7-14-19)22-20-15-9-8-10-17(20)16-21/h2-16H,1H3. The summed E-state index contributed by atoms with van der Waals surface area (Å²) in [5, 5.41) is 2.35. The Balaban J connectivity index is 2.11. The summed E-state index contributed by atoms with van der Waals surface area (Å²) in [5.74, 6) is 0.643. The van der Waals surface area contributed by atoms with Gasteiger partial charge in [-0.2, -0.15) is 0 Å². The maximum atomic E-state index is 11.3. The monoisotopic (exact) mass is 318 g/mol. The van der Waals surface area contributed by atoms with Crippen LogP contribution in [0.3, 0.4) is 0 Å². The molecule has 0 saturated heterocycles. The minimum Gasteiger partial charge on any atom is -0.534 e. The van der Waals surface area contributed by atoms with Crippen molar-refractivity contribution >= 4 is 25.0 Å². The molecule has 0 aliphatic rings. The Morgan fingerprint density at radius 2 is 1.22 bits per heavy atom. The van der Waals surface area contributed by atoms with Gasteiger partial charge in [-0.3, -0.25) is 4.79 Å². The van der Waals surface area contributed by atoms with E-state index in [4.69, 9.17) is 4.43 Å². The van der Waals surface area contributed by atoms with Crippen molar-refractivity contribution in [2.75, 3.05) is 0 Å². The van der Waals surface area contributed by atoms with Crippen LogP contribution in [0, 0.1) is 0 Å².